The van der Waals surface area contributed by atoms with Gasteiger partial charge < -0.3 is 14.4 Å². The van der Waals surface area contributed by atoms with Crippen molar-refractivity contribution in [2.45, 2.75) is 13.2 Å². The Morgan fingerprint density at radius 2 is 2.04 bits per heavy atom. The van der Waals surface area contributed by atoms with Gasteiger partial charge in [-0.25, -0.2) is 4.98 Å². The van der Waals surface area contributed by atoms with Crippen LogP contribution in [0.15, 0.2) is 47.2 Å². The fourth-order valence-electron chi connectivity index (χ4n) is 2.37. The van der Waals surface area contributed by atoms with Gasteiger partial charge in [-0.2, -0.15) is 0 Å². The number of aromatic nitrogens is 1. The van der Waals surface area contributed by atoms with Crippen molar-refractivity contribution >= 4 is 40.2 Å². The third kappa shape index (κ3) is 5.77. The summed E-state index contributed by atoms with van der Waals surface area (Å²) < 4.78 is 10.9. The molecule has 27 heavy (non-hydrogen) atoms. The minimum atomic E-state index is -0.00554. The predicted octanol–water partition coefficient (Wildman–Crippen LogP) is 4.73. The van der Waals surface area contributed by atoms with E-state index in [0.717, 1.165) is 16.5 Å². The van der Waals surface area contributed by atoms with Gasteiger partial charge in [-0.1, -0.05) is 17.7 Å². The van der Waals surface area contributed by atoms with Crippen LogP contribution in [0.2, 0.25) is 5.02 Å². The molecule has 0 bridgehead atoms. The summed E-state index contributed by atoms with van der Waals surface area (Å²) in [7, 11) is 1.63. The molecule has 0 aliphatic heterocycles. The van der Waals surface area contributed by atoms with Crippen LogP contribution in [0.3, 0.4) is 0 Å². The number of methoxy groups -OCH3 is 1. The number of carbonyl (C=O) groups is 1. The molecule has 5 nitrogen and oxygen atoms in total. The number of benzene rings is 1. The van der Waals surface area contributed by atoms with Gasteiger partial charge in [0.25, 0.3) is 5.91 Å². The van der Waals surface area contributed by atoms with Crippen LogP contribution in [0.25, 0.3) is 0 Å². The number of rotatable bonds is 9. The summed E-state index contributed by atoms with van der Waals surface area (Å²) in [5.41, 5.74) is 0.843. The summed E-state index contributed by atoms with van der Waals surface area (Å²) in [5, 5.41) is 5.39. The highest BCUT2D eigenvalue weighted by molar-refractivity contribution is 7.12. The third-order valence-corrected chi connectivity index (χ3v) is 5.69. The van der Waals surface area contributed by atoms with E-state index in [1.54, 1.807) is 24.1 Å². The molecule has 0 fully saturated rings. The van der Waals surface area contributed by atoms with Crippen LogP contribution in [0.4, 0.5) is 0 Å². The minimum absolute atomic E-state index is 0.00554. The van der Waals surface area contributed by atoms with E-state index in [1.807, 2.05) is 35.0 Å². The van der Waals surface area contributed by atoms with Gasteiger partial charge >= 0.3 is 0 Å². The van der Waals surface area contributed by atoms with Crippen molar-refractivity contribution in [3.8, 4) is 5.75 Å². The maximum absolute atomic E-state index is 12.7. The second kappa shape index (κ2) is 9.85. The second-order valence-electron chi connectivity index (χ2n) is 5.67. The standard InChI is InChI=1S/C19H19ClN2O3S2/c1-24-9-8-22(19(23)17-3-2-10-26-17)11-15-13-27-18(21-15)12-25-16-6-4-14(20)5-7-16/h2-7,10,13H,8-9,11-12H2,1H3. The molecular weight excluding hydrogens is 404 g/mol. The first-order chi connectivity index (χ1) is 13.2. The Morgan fingerprint density at radius 3 is 2.74 bits per heavy atom. The first-order valence-electron chi connectivity index (χ1n) is 8.29. The lowest BCUT2D eigenvalue weighted by Crippen LogP contribution is -2.33. The van der Waals surface area contributed by atoms with Gasteiger partial charge in [0.05, 0.1) is 23.7 Å². The molecule has 0 saturated heterocycles. The van der Waals surface area contributed by atoms with E-state index < -0.39 is 0 Å². The van der Waals surface area contributed by atoms with Gasteiger partial charge in [-0.3, -0.25) is 4.79 Å². The highest BCUT2D eigenvalue weighted by atomic mass is 35.5. The molecule has 0 radical (unpaired) electrons. The zero-order valence-electron chi connectivity index (χ0n) is 14.8. The Morgan fingerprint density at radius 1 is 1.22 bits per heavy atom. The second-order valence-corrected chi connectivity index (χ2v) is 8.00. The molecule has 142 valence electrons. The summed E-state index contributed by atoms with van der Waals surface area (Å²) >= 11 is 8.83. The molecule has 1 aromatic carbocycles. The van der Waals surface area contributed by atoms with Crippen LogP contribution in [-0.4, -0.2) is 36.1 Å². The number of halogens is 1. The van der Waals surface area contributed by atoms with E-state index >= 15 is 0 Å². The van der Waals surface area contributed by atoms with Crippen LogP contribution >= 0.6 is 34.3 Å². The van der Waals surface area contributed by atoms with Crippen molar-refractivity contribution in [3.63, 3.8) is 0 Å². The monoisotopic (exact) mass is 422 g/mol. The molecule has 0 spiro atoms. The van der Waals surface area contributed by atoms with E-state index in [9.17, 15) is 4.79 Å². The largest absolute Gasteiger partial charge is 0.486 e. The molecular formula is C19H19ClN2O3S2. The first-order valence-corrected chi connectivity index (χ1v) is 10.4. The number of hydrogen-bond donors (Lipinski definition) is 0. The number of thiophene rings is 1. The lowest BCUT2D eigenvalue weighted by atomic mass is 10.3. The summed E-state index contributed by atoms with van der Waals surface area (Å²) in [6, 6.07) is 10.9. The molecule has 0 aliphatic rings. The summed E-state index contributed by atoms with van der Waals surface area (Å²) in [6.45, 7) is 1.82. The average Bonchev–Trinajstić information content (AvgIpc) is 3.36. The third-order valence-electron chi connectivity index (χ3n) is 3.71. The molecule has 3 rings (SSSR count). The molecule has 2 heterocycles. The van der Waals surface area contributed by atoms with Crippen molar-refractivity contribution in [1.29, 1.82) is 0 Å². The van der Waals surface area contributed by atoms with E-state index in [2.05, 4.69) is 4.98 Å². The molecule has 0 unspecified atom stereocenters. The normalized spacial score (nSPS) is 10.7. The van der Waals surface area contributed by atoms with Gasteiger partial charge in [-0.15, -0.1) is 22.7 Å². The van der Waals surface area contributed by atoms with E-state index in [0.29, 0.717) is 36.2 Å². The highest BCUT2D eigenvalue weighted by Crippen LogP contribution is 2.20. The molecule has 0 saturated carbocycles. The quantitative estimate of drug-likeness (QED) is 0.500. The van der Waals surface area contributed by atoms with Crippen LogP contribution in [-0.2, 0) is 17.9 Å². The zero-order valence-corrected chi connectivity index (χ0v) is 17.1. The smallest absolute Gasteiger partial charge is 0.264 e. The Kier molecular flexibility index (Phi) is 7.23. The lowest BCUT2D eigenvalue weighted by molar-refractivity contribution is 0.0683. The topological polar surface area (TPSA) is 51.7 Å². The van der Waals surface area contributed by atoms with E-state index in [-0.39, 0.29) is 5.91 Å². The Hall–Kier alpha value is -1.93. The van der Waals surface area contributed by atoms with Gasteiger partial charge in [-0.05, 0) is 35.7 Å². The van der Waals surface area contributed by atoms with Gasteiger partial charge in [0.1, 0.15) is 17.4 Å². The summed E-state index contributed by atoms with van der Waals surface area (Å²) in [5.74, 6) is 0.736. The van der Waals surface area contributed by atoms with Crippen molar-refractivity contribution in [3.05, 3.63) is 67.8 Å². The van der Waals surface area contributed by atoms with Crippen LogP contribution in [0.5, 0.6) is 5.75 Å². The molecule has 1 amide bonds. The molecule has 2 aromatic heterocycles. The van der Waals surface area contributed by atoms with E-state index in [1.165, 1.54) is 22.7 Å². The summed E-state index contributed by atoms with van der Waals surface area (Å²) in [4.78, 5) is 19.7. The predicted molar refractivity (Wildman–Crippen MR) is 109 cm³/mol. The zero-order chi connectivity index (χ0) is 19.1. The van der Waals surface area contributed by atoms with Crippen molar-refractivity contribution in [2.75, 3.05) is 20.3 Å². The van der Waals surface area contributed by atoms with Crippen molar-refractivity contribution in [1.82, 2.24) is 9.88 Å². The van der Waals surface area contributed by atoms with Crippen molar-refractivity contribution in [2.24, 2.45) is 0 Å². The van der Waals surface area contributed by atoms with E-state index in [4.69, 9.17) is 21.1 Å². The van der Waals surface area contributed by atoms with Gasteiger partial charge in [0, 0.05) is 24.1 Å². The van der Waals surface area contributed by atoms with Crippen molar-refractivity contribution < 1.29 is 14.3 Å². The minimum Gasteiger partial charge on any atom is -0.486 e. The molecule has 0 N–H and O–H groups in total. The molecule has 3 aromatic rings. The molecule has 0 aliphatic carbocycles. The van der Waals surface area contributed by atoms with Crippen LogP contribution < -0.4 is 4.74 Å². The Balaban J connectivity index is 1.61. The number of amides is 1. The van der Waals surface area contributed by atoms with Crippen LogP contribution in [0, 0.1) is 0 Å². The number of carbonyl (C=O) groups excluding carboxylic acids is 1. The van der Waals surface area contributed by atoms with Crippen LogP contribution in [0.1, 0.15) is 20.4 Å². The van der Waals surface area contributed by atoms with Gasteiger partial charge in [0.2, 0.25) is 0 Å². The maximum atomic E-state index is 12.7. The molecule has 0 atom stereocenters. The number of ether oxygens (including phenoxy) is 2. The lowest BCUT2D eigenvalue weighted by Gasteiger charge is -2.20. The number of hydrogen-bond acceptors (Lipinski definition) is 6. The molecule has 8 heteroatoms. The number of nitrogens with zero attached hydrogens (tertiary/aromatic N) is 2. The Labute approximate surface area is 171 Å². The highest BCUT2D eigenvalue weighted by Gasteiger charge is 2.18. The Bertz CT molecular complexity index is 850. The SMILES string of the molecule is COCCN(Cc1csc(COc2ccc(Cl)cc2)n1)C(=O)c1cccs1. The van der Waals surface area contributed by atoms with Gasteiger partial charge in [0.15, 0.2) is 0 Å². The summed E-state index contributed by atoms with van der Waals surface area (Å²) in [6.07, 6.45) is 0. The maximum Gasteiger partial charge on any atom is 0.264 e. The average molecular weight is 423 g/mol. The first kappa shape index (κ1) is 19.8. The fourth-order valence-corrected chi connectivity index (χ4v) is 3.88. The number of thiazole rings is 1. The fraction of sp³-hybridized carbons (Fsp3) is 0.263.